The van der Waals surface area contributed by atoms with Gasteiger partial charge >= 0.3 is 0 Å². The molecule has 0 atom stereocenters. The number of amides is 1. The number of anilines is 1. The topological polar surface area (TPSA) is 55.6 Å². The Morgan fingerprint density at radius 1 is 1.35 bits per heavy atom. The molecule has 0 radical (unpaired) electrons. The van der Waals surface area contributed by atoms with Gasteiger partial charge in [-0.05, 0) is 37.9 Å². The summed E-state index contributed by atoms with van der Waals surface area (Å²) in [6.45, 7) is 2.12. The summed E-state index contributed by atoms with van der Waals surface area (Å²) in [5.74, 6) is -0.474. The van der Waals surface area contributed by atoms with Crippen molar-refractivity contribution < 1.29 is 13.9 Å². The Morgan fingerprint density at radius 2 is 2.05 bits per heavy atom. The van der Waals surface area contributed by atoms with Crippen molar-refractivity contribution in [2.75, 3.05) is 31.2 Å². The molecule has 4 nitrogen and oxygen atoms in total. The van der Waals surface area contributed by atoms with Gasteiger partial charge in [0.25, 0.3) is 0 Å². The molecule has 1 heterocycles. The van der Waals surface area contributed by atoms with Crippen LogP contribution in [0.4, 0.5) is 10.1 Å². The van der Waals surface area contributed by atoms with Crippen LogP contribution >= 0.6 is 0 Å². The Kier molecular flexibility index (Phi) is 5.49. The number of nitrogens with two attached hydrogens (primary N) is 1. The normalized spacial score (nSPS) is 16.1. The maximum Gasteiger partial charge on any atom is 0.230 e. The van der Waals surface area contributed by atoms with Crippen LogP contribution in [0.2, 0.25) is 0 Å². The molecule has 1 aliphatic heterocycles. The monoisotopic (exact) mass is 280 g/mol. The molecule has 2 rings (SSSR count). The van der Waals surface area contributed by atoms with Crippen LogP contribution in [0.15, 0.2) is 24.3 Å². The van der Waals surface area contributed by atoms with Crippen LogP contribution in [0.5, 0.6) is 0 Å². The Balaban J connectivity index is 2.18. The fraction of sp³-hybridized carbons (Fsp3) is 0.533. The van der Waals surface area contributed by atoms with Gasteiger partial charge in [0.2, 0.25) is 5.91 Å². The van der Waals surface area contributed by atoms with E-state index in [0.29, 0.717) is 51.3 Å². The summed E-state index contributed by atoms with van der Waals surface area (Å²) in [7, 11) is 0. The lowest BCUT2D eigenvalue weighted by atomic mass is 9.98. The lowest BCUT2D eigenvalue weighted by Crippen LogP contribution is -2.40. The Hall–Kier alpha value is -1.46. The number of para-hydroxylation sites is 1. The summed E-state index contributed by atoms with van der Waals surface area (Å²) >= 11 is 0. The lowest BCUT2D eigenvalue weighted by Gasteiger charge is -2.29. The minimum absolute atomic E-state index is 0.0214. The first-order valence-electron chi connectivity index (χ1n) is 7.07. The molecule has 5 heteroatoms. The Labute approximate surface area is 118 Å². The summed E-state index contributed by atoms with van der Waals surface area (Å²) < 4.78 is 19.2. The second kappa shape index (κ2) is 7.36. The predicted molar refractivity (Wildman–Crippen MR) is 76.0 cm³/mol. The van der Waals surface area contributed by atoms with Crippen molar-refractivity contribution in [3.8, 4) is 0 Å². The maximum atomic E-state index is 13.9. The van der Waals surface area contributed by atoms with Crippen molar-refractivity contribution in [2.24, 2.45) is 11.7 Å². The number of benzene rings is 1. The molecule has 1 aromatic carbocycles. The van der Waals surface area contributed by atoms with Crippen molar-refractivity contribution in [3.05, 3.63) is 30.1 Å². The molecule has 2 N–H and O–H groups in total. The zero-order valence-corrected chi connectivity index (χ0v) is 11.6. The second-order valence-electron chi connectivity index (χ2n) is 4.97. The fourth-order valence-electron chi connectivity index (χ4n) is 2.43. The standard InChI is InChI=1S/C15H21FN2O2/c16-13-4-1-2-5-14(13)18(9-3-8-17)15(19)12-6-10-20-11-7-12/h1-2,4-5,12H,3,6-11,17H2. The highest BCUT2D eigenvalue weighted by Gasteiger charge is 2.28. The molecule has 0 aromatic heterocycles. The summed E-state index contributed by atoms with van der Waals surface area (Å²) in [4.78, 5) is 14.2. The number of rotatable bonds is 5. The Bertz CT molecular complexity index is 447. The van der Waals surface area contributed by atoms with Gasteiger partial charge in [-0.2, -0.15) is 0 Å². The number of carbonyl (C=O) groups excluding carboxylic acids is 1. The molecule has 1 aromatic rings. The molecule has 110 valence electrons. The van der Waals surface area contributed by atoms with Crippen LogP contribution in [0.3, 0.4) is 0 Å². The third-order valence-corrected chi connectivity index (χ3v) is 3.57. The van der Waals surface area contributed by atoms with E-state index in [9.17, 15) is 9.18 Å². The summed E-state index contributed by atoms with van der Waals surface area (Å²) in [5.41, 5.74) is 5.86. The fourth-order valence-corrected chi connectivity index (χ4v) is 2.43. The zero-order valence-electron chi connectivity index (χ0n) is 11.6. The van der Waals surface area contributed by atoms with Gasteiger partial charge in [-0.3, -0.25) is 4.79 Å². The average Bonchev–Trinajstić information content (AvgIpc) is 2.50. The molecular weight excluding hydrogens is 259 g/mol. The number of nitrogens with zero attached hydrogens (tertiary/aromatic N) is 1. The van der Waals surface area contributed by atoms with E-state index in [1.165, 1.54) is 11.0 Å². The zero-order chi connectivity index (χ0) is 14.4. The summed E-state index contributed by atoms with van der Waals surface area (Å²) in [6.07, 6.45) is 2.06. The van der Waals surface area contributed by atoms with Gasteiger partial charge in [-0.1, -0.05) is 12.1 Å². The van der Waals surface area contributed by atoms with Crippen LogP contribution in [0.1, 0.15) is 19.3 Å². The number of hydrogen-bond donors (Lipinski definition) is 1. The quantitative estimate of drug-likeness (QED) is 0.896. The molecule has 0 bridgehead atoms. The summed E-state index contributed by atoms with van der Waals surface area (Å²) in [6, 6.07) is 6.38. The summed E-state index contributed by atoms with van der Waals surface area (Å²) in [5, 5.41) is 0. The van der Waals surface area contributed by atoms with Crippen LogP contribution in [0.25, 0.3) is 0 Å². The number of halogens is 1. The van der Waals surface area contributed by atoms with Crippen LogP contribution in [-0.4, -0.2) is 32.2 Å². The SMILES string of the molecule is NCCCN(C(=O)C1CCOCC1)c1ccccc1F. The van der Waals surface area contributed by atoms with E-state index in [-0.39, 0.29) is 17.6 Å². The van der Waals surface area contributed by atoms with Crippen molar-refractivity contribution >= 4 is 11.6 Å². The van der Waals surface area contributed by atoms with Crippen LogP contribution < -0.4 is 10.6 Å². The van der Waals surface area contributed by atoms with E-state index in [2.05, 4.69) is 0 Å². The molecule has 0 saturated carbocycles. The van der Waals surface area contributed by atoms with Crippen LogP contribution in [0, 0.1) is 11.7 Å². The van der Waals surface area contributed by atoms with Gasteiger partial charge < -0.3 is 15.4 Å². The number of ether oxygens (including phenoxy) is 1. The van der Waals surface area contributed by atoms with Gasteiger partial charge in [0, 0.05) is 25.7 Å². The highest BCUT2D eigenvalue weighted by Crippen LogP contribution is 2.24. The first-order chi connectivity index (χ1) is 9.74. The van der Waals surface area contributed by atoms with E-state index in [1.54, 1.807) is 18.2 Å². The van der Waals surface area contributed by atoms with E-state index < -0.39 is 0 Å². The average molecular weight is 280 g/mol. The highest BCUT2D eigenvalue weighted by atomic mass is 19.1. The van der Waals surface area contributed by atoms with E-state index >= 15 is 0 Å². The Morgan fingerprint density at radius 3 is 2.70 bits per heavy atom. The smallest absolute Gasteiger partial charge is 0.230 e. The van der Waals surface area contributed by atoms with Gasteiger partial charge in [0.1, 0.15) is 5.82 Å². The minimum atomic E-state index is -0.370. The van der Waals surface area contributed by atoms with E-state index in [1.807, 2.05) is 0 Å². The first kappa shape index (κ1) is 14.9. The molecule has 0 unspecified atom stereocenters. The second-order valence-corrected chi connectivity index (χ2v) is 4.97. The molecule has 1 saturated heterocycles. The van der Waals surface area contributed by atoms with Gasteiger partial charge in [0.05, 0.1) is 5.69 Å². The van der Waals surface area contributed by atoms with Crippen molar-refractivity contribution in [2.45, 2.75) is 19.3 Å². The molecule has 20 heavy (non-hydrogen) atoms. The third-order valence-electron chi connectivity index (χ3n) is 3.57. The molecular formula is C15H21FN2O2. The first-order valence-corrected chi connectivity index (χ1v) is 7.07. The number of hydrogen-bond acceptors (Lipinski definition) is 3. The lowest BCUT2D eigenvalue weighted by molar-refractivity contribution is -0.125. The van der Waals surface area contributed by atoms with Crippen molar-refractivity contribution in [1.29, 1.82) is 0 Å². The maximum absolute atomic E-state index is 13.9. The van der Waals surface area contributed by atoms with Gasteiger partial charge in [-0.15, -0.1) is 0 Å². The van der Waals surface area contributed by atoms with E-state index in [4.69, 9.17) is 10.5 Å². The largest absolute Gasteiger partial charge is 0.381 e. The molecule has 1 aliphatic rings. The molecule has 1 amide bonds. The van der Waals surface area contributed by atoms with Crippen molar-refractivity contribution in [1.82, 2.24) is 0 Å². The van der Waals surface area contributed by atoms with Crippen LogP contribution in [-0.2, 0) is 9.53 Å². The van der Waals surface area contributed by atoms with Crippen molar-refractivity contribution in [3.63, 3.8) is 0 Å². The minimum Gasteiger partial charge on any atom is -0.381 e. The number of carbonyl (C=O) groups is 1. The third kappa shape index (κ3) is 3.55. The molecule has 0 aliphatic carbocycles. The van der Waals surface area contributed by atoms with E-state index in [0.717, 1.165) is 0 Å². The predicted octanol–water partition coefficient (Wildman–Crippen LogP) is 1.93. The van der Waals surface area contributed by atoms with Gasteiger partial charge in [0.15, 0.2) is 0 Å². The van der Waals surface area contributed by atoms with Gasteiger partial charge in [-0.25, -0.2) is 4.39 Å². The molecule has 0 spiro atoms. The highest BCUT2D eigenvalue weighted by molar-refractivity contribution is 5.95. The molecule has 1 fully saturated rings.